The highest BCUT2D eigenvalue weighted by molar-refractivity contribution is 5.88. The summed E-state index contributed by atoms with van der Waals surface area (Å²) in [7, 11) is 0. The maximum absolute atomic E-state index is 11.3. The van der Waals surface area contributed by atoms with E-state index in [-0.39, 0.29) is 11.4 Å². The van der Waals surface area contributed by atoms with Crippen molar-refractivity contribution >= 4 is 5.97 Å². The molecule has 3 heterocycles. The smallest absolute Gasteiger partial charge is 0.339 e. The summed E-state index contributed by atoms with van der Waals surface area (Å²) in [5.41, 5.74) is 3.34. The van der Waals surface area contributed by atoms with Crippen LogP contribution in [0.25, 0.3) is 0 Å². The number of aryl methyl sites for hydroxylation is 1. The van der Waals surface area contributed by atoms with Gasteiger partial charge >= 0.3 is 5.97 Å². The molecule has 0 aliphatic heterocycles. The van der Waals surface area contributed by atoms with E-state index in [4.69, 9.17) is 4.74 Å². The first-order valence-electron chi connectivity index (χ1n) is 14.1. The third-order valence-corrected chi connectivity index (χ3v) is 6.08. The number of carbonyl (C=O) groups is 1. The molecule has 0 aliphatic rings. The molecule has 0 aliphatic carbocycles. The molecular weight excluding hydrogens is 470 g/mol. The lowest BCUT2D eigenvalue weighted by atomic mass is 9.88. The van der Waals surface area contributed by atoms with Crippen LogP contribution in [0, 0.1) is 5.92 Å². The Morgan fingerprint density at radius 1 is 0.842 bits per heavy atom. The number of carbonyl (C=O) groups excluding carboxylic acids is 1. The van der Waals surface area contributed by atoms with Crippen molar-refractivity contribution in [3.8, 4) is 0 Å². The van der Waals surface area contributed by atoms with Gasteiger partial charge in [-0.25, -0.2) is 4.79 Å². The van der Waals surface area contributed by atoms with Crippen LogP contribution < -0.4 is 0 Å². The summed E-state index contributed by atoms with van der Waals surface area (Å²) in [6.45, 7) is 13.8. The van der Waals surface area contributed by atoms with Crippen molar-refractivity contribution in [1.82, 2.24) is 15.0 Å². The van der Waals surface area contributed by atoms with Gasteiger partial charge in [0, 0.05) is 36.7 Å². The molecule has 0 spiro atoms. The Morgan fingerprint density at radius 3 is 2.11 bits per heavy atom. The molecular formula is C33H49N3O2. The molecule has 0 N–H and O–H groups in total. The van der Waals surface area contributed by atoms with Crippen molar-refractivity contribution in [3.63, 3.8) is 0 Å². The Bertz CT molecular complexity index is 958. The molecule has 0 amide bonds. The van der Waals surface area contributed by atoms with E-state index in [9.17, 15) is 4.79 Å². The van der Waals surface area contributed by atoms with Crippen molar-refractivity contribution in [2.75, 3.05) is 6.61 Å². The van der Waals surface area contributed by atoms with Crippen molar-refractivity contribution in [2.45, 2.75) is 98.3 Å². The minimum absolute atomic E-state index is 0.253. The zero-order chi connectivity index (χ0) is 28.1. The highest BCUT2D eigenvalue weighted by Gasteiger charge is 2.11. The predicted molar refractivity (Wildman–Crippen MR) is 158 cm³/mol. The van der Waals surface area contributed by atoms with Crippen LogP contribution in [0.5, 0.6) is 0 Å². The molecule has 5 nitrogen and oxygen atoms in total. The number of nitrogens with zero attached hydrogens (tertiary/aromatic N) is 3. The highest BCUT2D eigenvalue weighted by Crippen LogP contribution is 2.20. The van der Waals surface area contributed by atoms with E-state index in [1.165, 1.54) is 49.6 Å². The van der Waals surface area contributed by atoms with Crippen LogP contribution in [0.15, 0.2) is 73.4 Å². The number of unbranched alkanes of at least 4 members (excludes halogenated alkanes) is 2. The van der Waals surface area contributed by atoms with E-state index in [0.29, 0.717) is 12.2 Å². The van der Waals surface area contributed by atoms with Crippen LogP contribution in [0.2, 0.25) is 0 Å². The maximum atomic E-state index is 11.3. The van der Waals surface area contributed by atoms with Crippen molar-refractivity contribution < 1.29 is 9.53 Å². The van der Waals surface area contributed by atoms with Crippen LogP contribution in [-0.4, -0.2) is 27.5 Å². The van der Waals surface area contributed by atoms with Crippen LogP contribution in [0.3, 0.4) is 0 Å². The number of rotatable bonds is 11. The molecule has 38 heavy (non-hydrogen) atoms. The van der Waals surface area contributed by atoms with Gasteiger partial charge in [0.25, 0.3) is 0 Å². The molecule has 1 unspecified atom stereocenters. The second kappa shape index (κ2) is 20.0. The minimum atomic E-state index is -0.290. The normalized spacial score (nSPS) is 11.3. The Labute approximate surface area is 231 Å². The van der Waals surface area contributed by atoms with Gasteiger partial charge in [-0.05, 0) is 72.6 Å². The number of pyridine rings is 3. The molecule has 1 atom stereocenters. The Hall–Kier alpha value is -3.08. The Kier molecular flexibility index (Phi) is 17.3. The molecule has 0 aromatic carbocycles. The number of hydrogen-bond acceptors (Lipinski definition) is 5. The van der Waals surface area contributed by atoms with E-state index in [2.05, 4.69) is 80.8 Å². The van der Waals surface area contributed by atoms with Gasteiger partial charge in [0.2, 0.25) is 0 Å². The Balaban J connectivity index is 0.000000291. The van der Waals surface area contributed by atoms with Gasteiger partial charge in [-0.15, -0.1) is 0 Å². The number of aromatic nitrogens is 3. The van der Waals surface area contributed by atoms with Gasteiger partial charge in [0.05, 0.1) is 12.2 Å². The fourth-order valence-corrected chi connectivity index (χ4v) is 3.60. The summed E-state index contributed by atoms with van der Waals surface area (Å²) in [6, 6.07) is 13.7. The molecule has 3 aromatic rings. The van der Waals surface area contributed by atoms with Crippen LogP contribution in [0.1, 0.15) is 108 Å². The van der Waals surface area contributed by atoms with E-state index < -0.39 is 0 Å². The minimum Gasteiger partial charge on any atom is -0.462 e. The molecule has 3 aromatic heterocycles. The lowest BCUT2D eigenvalue weighted by Crippen LogP contribution is -2.10. The first-order valence-corrected chi connectivity index (χ1v) is 14.1. The molecule has 208 valence electrons. The average molecular weight is 520 g/mol. The molecule has 3 rings (SSSR count). The summed E-state index contributed by atoms with van der Waals surface area (Å²) in [6.07, 6.45) is 18.5. The van der Waals surface area contributed by atoms with Gasteiger partial charge in [0.1, 0.15) is 0 Å². The van der Waals surface area contributed by atoms with Crippen molar-refractivity contribution in [3.05, 3.63) is 90.3 Å². The maximum Gasteiger partial charge on any atom is 0.339 e. The van der Waals surface area contributed by atoms with Gasteiger partial charge in [-0.2, -0.15) is 0 Å². The molecule has 5 heteroatoms. The summed E-state index contributed by atoms with van der Waals surface area (Å²) in [5.74, 6) is 0.593. The quantitative estimate of drug-likeness (QED) is 0.187. The molecule has 0 radical (unpaired) electrons. The molecule has 0 saturated heterocycles. The second-order valence-electron chi connectivity index (χ2n) is 10.7. The highest BCUT2D eigenvalue weighted by atomic mass is 16.5. The lowest BCUT2D eigenvalue weighted by Gasteiger charge is -2.17. The van der Waals surface area contributed by atoms with Gasteiger partial charge in [0.15, 0.2) is 0 Å². The molecule has 0 fully saturated rings. The third-order valence-electron chi connectivity index (χ3n) is 6.08. The summed E-state index contributed by atoms with van der Waals surface area (Å²) in [4.78, 5) is 23.4. The van der Waals surface area contributed by atoms with Crippen LogP contribution >= 0.6 is 0 Å². The number of hydrogen-bond donors (Lipinski definition) is 0. The second-order valence-corrected chi connectivity index (χ2v) is 10.7. The fourth-order valence-electron chi connectivity index (χ4n) is 3.60. The predicted octanol–water partition coefficient (Wildman–Crippen LogP) is 8.65. The summed E-state index contributed by atoms with van der Waals surface area (Å²) < 4.78 is 4.99. The fraction of sp³-hybridized carbons (Fsp3) is 0.515. The van der Waals surface area contributed by atoms with Gasteiger partial charge < -0.3 is 4.74 Å². The Morgan fingerprint density at radius 2 is 1.55 bits per heavy atom. The zero-order valence-electron chi connectivity index (χ0n) is 24.5. The monoisotopic (exact) mass is 519 g/mol. The first-order chi connectivity index (χ1) is 18.3. The standard InChI is InChI=1S/C14H23N.C10H13NO2.C9H13N/c1-3-4-8-13(2)9-7-11-14-10-5-6-12-15-14;1-2-3-7-13-10(12)9-5-4-6-11-8-9;1-9(2,3)8-4-6-10-7-5-8/h5-6,10,12-13H,3-4,7-9,11H2,1-2H3;4-6,8H,2-3,7H2,1H3;4-7H,1-3H3. The third kappa shape index (κ3) is 15.9. The van der Waals surface area contributed by atoms with Crippen molar-refractivity contribution in [1.29, 1.82) is 0 Å². The zero-order valence-corrected chi connectivity index (χ0v) is 24.5. The van der Waals surface area contributed by atoms with Gasteiger partial charge in [-0.1, -0.05) is 79.7 Å². The summed E-state index contributed by atoms with van der Waals surface area (Å²) >= 11 is 0. The molecule has 0 bridgehead atoms. The molecule has 0 saturated carbocycles. The number of esters is 1. The average Bonchev–Trinajstić information content (AvgIpc) is 2.94. The lowest BCUT2D eigenvalue weighted by molar-refractivity contribution is 0.0499. The van der Waals surface area contributed by atoms with E-state index >= 15 is 0 Å². The topological polar surface area (TPSA) is 65.0 Å². The van der Waals surface area contributed by atoms with E-state index in [1.807, 2.05) is 24.7 Å². The number of ether oxygens (including phenoxy) is 1. The van der Waals surface area contributed by atoms with Crippen LogP contribution in [-0.2, 0) is 16.6 Å². The SMILES string of the molecule is CC(C)(C)c1ccncc1.CCCCC(C)CCCc1ccccn1.CCCCOC(=O)c1cccnc1. The van der Waals surface area contributed by atoms with Crippen molar-refractivity contribution in [2.24, 2.45) is 5.92 Å². The van der Waals surface area contributed by atoms with E-state index in [1.54, 1.807) is 18.3 Å². The summed E-state index contributed by atoms with van der Waals surface area (Å²) in [5, 5.41) is 0. The van der Waals surface area contributed by atoms with E-state index in [0.717, 1.165) is 25.2 Å². The largest absolute Gasteiger partial charge is 0.462 e. The first kappa shape index (κ1) is 32.9. The van der Waals surface area contributed by atoms with Gasteiger partial charge in [-0.3, -0.25) is 15.0 Å². The van der Waals surface area contributed by atoms with Crippen LogP contribution in [0.4, 0.5) is 0 Å².